The molecule has 0 aliphatic rings. The fourth-order valence-electron chi connectivity index (χ4n) is 2.68. The molecule has 0 aliphatic heterocycles. The van der Waals surface area contributed by atoms with Crippen LogP contribution in [0.1, 0.15) is 17.9 Å². The summed E-state index contributed by atoms with van der Waals surface area (Å²) < 4.78 is 6.97. The number of amides is 1. The minimum atomic E-state index is -0.151. The normalized spacial score (nSPS) is 10.9. The van der Waals surface area contributed by atoms with E-state index in [1.54, 1.807) is 10.9 Å². The number of hydrogen-bond donors (Lipinski definition) is 1. The molecule has 8 nitrogen and oxygen atoms in total. The molecule has 0 radical (unpaired) electrons. The van der Waals surface area contributed by atoms with Crippen molar-refractivity contribution < 1.29 is 9.32 Å². The van der Waals surface area contributed by atoms with Crippen molar-refractivity contribution in [1.29, 1.82) is 0 Å². The minimum absolute atomic E-state index is 0.151. The quantitative estimate of drug-likeness (QED) is 0.538. The molecule has 0 aliphatic carbocycles. The van der Waals surface area contributed by atoms with E-state index < -0.39 is 0 Å². The molecule has 1 amide bonds. The van der Waals surface area contributed by atoms with Gasteiger partial charge in [0.1, 0.15) is 0 Å². The molecule has 0 atom stereocenters. The van der Waals surface area contributed by atoms with E-state index in [2.05, 4.69) is 25.5 Å². The molecule has 28 heavy (non-hydrogen) atoms. The summed E-state index contributed by atoms with van der Waals surface area (Å²) in [5.41, 5.74) is 3.71. The Labute approximate surface area is 165 Å². The number of thiazole rings is 1. The molecule has 3 aromatic heterocycles. The number of nitrogens with one attached hydrogen (secondary N) is 1. The lowest BCUT2D eigenvalue weighted by atomic mass is 10.1. The SMILES string of the molecule is Cc1cccc(-c2noc(CCC(=O)Nc3nc(-c4cnn(C)c4)cs3)n2)c1. The van der Waals surface area contributed by atoms with Crippen LogP contribution in [0.4, 0.5) is 5.13 Å². The van der Waals surface area contributed by atoms with Gasteiger partial charge in [-0.15, -0.1) is 11.3 Å². The molecule has 0 saturated carbocycles. The zero-order valence-electron chi connectivity index (χ0n) is 15.4. The number of aryl methyl sites for hydroxylation is 3. The van der Waals surface area contributed by atoms with Crippen molar-refractivity contribution in [2.45, 2.75) is 19.8 Å². The second-order valence-electron chi connectivity index (χ2n) is 6.37. The molecule has 1 aromatic carbocycles. The molecule has 0 fully saturated rings. The third-order valence-electron chi connectivity index (χ3n) is 4.06. The van der Waals surface area contributed by atoms with Crippen molar-refractivity contribution in [3.63, 3.8) is 0 Å². The highest BCUT2D eigenvalue weighted by Gasteiger charge is 2.13. The number of aromatic nitrogens is 5. The maximum Gasteiger partial charge on any atom is 0.227 e. The molecular formula is C19H18N6O2S. The van der Waals surface area contributed by atoms with Crippen LogP contribution in [0.3, 0.4) is 0 Å². The first-order valence-corrected chi connectivity index (χ1v) is 9.59. The highest BCUT2D eigenvalue weighted by molar-refractivity contribution is 7.14. The minimum Gasteiger partial charge on any atom is -0.339 e. The van der Waals surface area contributed by atoms with Crippen molar-refractivity contribution in [3.05, 3.63) is 53.5 Å². The summed E-state index contributed by atoms with van der Waals surface area (Å²) in [5.74, 6) is 0.810. The van der Waals surface area contributed by atoms with Crippen LogP contribution in [0.15, 0.2) is 46.6 Å². The summed E-state index contributed by atoms with van der Waals surface area (Å²) in [6, 6.07) is 7.87. The average molecular weight is 394 g/mol. The van der Waals surface area contributed by atoms with E-state index in [-0.39, 0.29) is 12.3 Å². The zero-order chi connectivity index (χ0) is 19.5. The Morgan fingerprint density at radius 3 is 2.96 bits per heavy atom. The van der Waals surface area contributed by atoms with Crippen molar-refractivity contribution in [3.8, 4) is 22.6 Å². The Morgan fingerprint density at radius 1 is 1.29 bits per heavy atom. The van der Waals surface area contributed by atoms with E-state index >= 15 is 0 Å². The van der Waals surface area contributed by atoms with Gasteiger partial charge in [0.2, 0.25) is 17.6 Å². The monoisotopic (exact) mass is 394 g/mol. The molecule has 1 N–H and O–H groups in total. The van der Waals surface area contributed by atoms with Crippen molar-refractivity contribution >= 4 is 22.4 Å². The van der Waals surface area contributed by atoms with Gasteiger partial charge in [0, 0.05) is 42.6 Å². The van der Waals surface area contributed by atoms with Gasteiger partial charge in [0.25, 0.3) is 0 Å². The van der Waals surface area contributed by atoms with Crippen LogP contribution in [0.5, 0.6) is 0 Å². The van der Waals surface area contributed by atoms with E-state index in [1.807, 2.05) is 49.8 Å². The summed E-state index contributed by atoms with van der Waals surface area (Å²) in [6.45, 7) is 2.01. The Morgan fingerprint density at radius 2 is 2.18 bits per heavy atom. The van der Waals surface area contributed by atoms with Crippen LogP contribution in [-0.2, 0) is 18.3 Å². The lowest BCUT2D eigenvalue weighted by Crippen LogP contribution is -2.12. The Bertz CT molecular complexity index is 1110. The van der Waals surface area contributed by atoms with Gasteiger partial charge >= 0.3 is 0 Å². The van der Waals surface area contributed by atoms with Gasteiger partial charge < -0.3 is 9.84 Å². The fraction of sp³-hybridized carbons (Fsp3) is 0.211. The number of nitrogens with zero attached hydrogens (tertiary/aromatic N) is 5. The first-order valence-electron chi connectivity index (χ1n) is 8.71. The molecule has 4 rings (SSSR count). The smallest absolute Gasteiger partial charge is 0.227 e. The molecule has 0 spiro atoms. The van der Waals surface area contributed by atoms with Gasteiger partial charge in [-0.3, -0.25) is 9.48 Å². The van der Waals surface area contributed by atoms with E-state index in [0.29, 0.717) is 23.3 Å². The zero-order valence-corrected chi connectivity index (χ0v) is 16.2. The van der Waals surface area contributed by atoms with Crippen molar-refractivity contribution in [2.24, 2.45) is 7.05 Å². The maximum atomic E-state index is 12.2. The fourth-order valence-corrected chi connectivity index (χ4v) is 3.41. The number of benzene rings is 1. The predicted octanol–water partition coefficient (Wildman–Crippen LogP) is 3.47. The van der Waals surface area contributed by atoms with Crippen LogP contribution in [0, 0.1) is 6.92 Å². The summed E-state index contributed by atoms with van der Waals surface area (Å²) in [7, 11) is 1.85. The Hall–Kier alpha value is -3.33. The summed E-state index contributed by atoms with van der Waals surface area (Å²) >= 11 is 1.37. The largest absolute Gasteiger partial charge is 0.339 e. The Kier molecular flexibility index (Phi) is 4.98. The first-order chi connectivity index (χ1) is 13.6. The van der Waals surface area contributed by atoms with Crippen LogP contribution in [0.25, 0.3) is 22.6 Å². The lowest BCUT2D eigenvalue weighted by Gasteiger charge is -1.99. The number of carbonyl (C=O) groups is 1. The van der Waals surface area contributed by atoms with Gasteiger partial charge in [0.15, 0.2) is 5.13 Å². The standard InChI is InChI=1S/C19H18N6O2S/c1-12-4-3-5-13(8-12)18-23-17(27-24-18)7-6-16(26)22-19-21-15(11-28-19)14-9-20-25(2)10-14/h3-5,8-11H,6-7H2,1-2H3,(H,21,22,26). The van der Waals surface area contributed by atoms with Crippen LogP contribution in [0.2, 0.25) is 0 Å². The van der Waals surface area contributed by atoms with E-state index in [1.165, 1.54) is 11.3 Å². The molecule has 142 valence electrons. The van der Waals surface area contributed by atoms with Gasteiger partial charge in [0.05, 0.1) is 11.9 Å². The van der Waals surface area contributed by atoms with Crippen LogP contribution < -0.4 is 5.32 Å². The molecule has 0 bridgehead atoms. The topological polar surface area (TPSA) is 98.7 Å². The molecule has 9 heteroatoms. The molecule has 4 aromatic rings. The van der Waals surface area contributed by atoms with Crippen molar-refractivity contribution in [1.82, 2.24) is 24.9 Å². The number of rotatable bonds is 6. The highest BCUT2D eigenvalue weighted by Crippen LogP contribution is 2.24. The van der Waals surface area contributed by atoms with Gasteiger partial charge in [-0.1, -0.05) is 28.9 Å². The Balaban J connectivity index is 1.33. The first kappa shape index (κ1) is 18.1. The third kappa shape index (κ3) is 4.15. The van der Waals surface area contributed by atoms with Crippen molar-refractivity contribution in [2.75, 3.05) is 5.32 Å². The highest BCUT2D eigenvalue weighted by atomic mass is 32.1. The number of carbonyl (C=O) groups excluding carboxylic acids is 1. The molecule has 0 unspecified atom stereocenters. The van der Waals surface area contributed by atoms with Gasteiger partial charge in [-0.25, -0.2) is 4.98 Å². The molecule has 3 heterocycles. The average Bonchev–Trinajstić information content (AvgIpc) is 3.41. The lowest BCUT2D eigenvalue weighted by molar-refractivity contribution is -0.116. The summed E-state index contributed by atoms with van der Waals surface area (Å²) in [4.78, 5) is 21.0. The number of hydrogen-bond acceptors (Lipinski definition) is 7. The van der Waals surface area contributed by atoms with Gasteiger partial charge in [-0.2, -0.15) is 10.1 Å². The van der Waals surface area contributed by atoms with E-state index in [4.69, 9.17) is 4.52 Å². The third-order valence-corrected chi connectivity index (χ3v) is 4.82. The number of anilines is 1. The molecular weight excluding hydrogens is 376 g/mol. The van der Waals surface area contributed by atoms with Crippen LogP contribution in [-0.4, -0.2) is 30.8 Å². The summed E-state index contributed by atoms with van der Waals surface area (Å²) in [5, 5.41) is 13.4. The second-order valence-corrected chi connectivity index (χ2v) is 7.23. The second kappa shape index (κ2) is 7.73. The maximum absolute atomic E-state index is 12.2. The molecule has 0 saturated heterocycles. The predicted molar refractivity (Wildman–Crippen MR) is 106 cm³/mol. The summed E-state index contributed by atoms with van der Waals surface area (Å²) in [6.07, 6.45) is 4.22. The van der Waals surface area contributed by atoms with E-state index in [0.717, 1.165) is 22.4 Å². The van der Waals surface area contributed by atoms with E-state index in [9.17, 15) is 4.79 Å². The van der Waals surface area contributed by atoms with Crippen LogP contribution >= 0.6 is 11.3 Å². The van der Waals surface area contributed by atoms with Gasteiger partial charge in [-0.05, 0) is 13.0 Å².